The van der Waals surface area contributed by atoms with Crippen LogP contribution < -0.4 is 5.32 Å². The van der Waals surface area contributed by atoms with Crippen molar-refractivity contribution in [2.45, 2.75) is 52.0 Å². The fourth-order valence-electron chi connectivity index (χ4n) is 4.18. The van der Waals surface area contributed by atoms with Crippen molar-refractivity contribution in [1.82, 2.24) is 19.9 Å². The number of nitrogens with zero attached hydrogens (tertiary/aromatic N) is 4. The predicted molar refractivity (Wildman–Crippen MR) is 109 cm³/mol. The quantitative estimate of drug-likeness (QED) is 0.550. The summed E-state index contributed by atoms with van der Waals surface area (Å²) in [5.74, 6) is 0.690. The summed E-state index contributed by atoms with van der Waals surface area (Å²) in [4.78, 5) is 18.2. The Kier molecular flexibility index (Phi) is 4.39. The number of hydrogen-bond donors (Lipinski definition) is 1. The lowest BCUT2D eigenvalue weighted by atomic mass is 9.88. The van der Waals surface area contributed by atoms with Gasteiger partial charge in [-0.25, -0.2) is 15.0 Å². The highest BCUT2D eigenvalue weighted by atomic mass is 16.3. The van der Waals surface area contributed by atoms with Gasteiger partial charge in [0.25, 0.3) is 0 Å². The Bertz CT molecular complexity index is 1140. The number of aromatic nitrogens is 4. The van der Waals surface area contributed by atoms with Gasteiger partial charge in [0.05, 0.1) is 17.6 Å². The van der Waals surface area contributed by atoms with Crippen LogP contribution in [0.4, 0.5) is 5.82 Å². The van der Waals surface area contributed by atoms with Crippen LogP contribution in [0.25, 0.3) is 22.2 Å². The fourth-order valence-corrected chi connectivity index (χ4v) is 4.18. The van der Waals surface area contributed by atoms with Gasteiger partial charge in [0.2, 0.25) is 5.71 Å². The largest absolute Gasteiger partial charge is 0.432 e. The zero-order valence-electron chi connectivity index (χ0n) is 16.0. The third-order valence-electron chi connectivity index (χ3n) is 5.46. The lowest BCUT2D eigenvalue weighted by Gasteiger charge is -2.19. The molecule has 0 atom stereocenters. The first-order valence-electron chi connectivity index (χ1n) is 10.1. The van der Waals surface area contributed by atoms with E-state index in [2.05, 4.69) is 27.2 Å². The lowest BCUT2D eigenvalue weighted by molar-refractivity contribution is 0.636. The molecule has 6 heteroatoms. The van der Waals surface area contributed by atoms with Gasteiger partial charge in [-0.1, -0.05) is 19.4 Å². The first-order chi connectivity index (χ1) is 13.8. The molecule has 1 N–H and O–H groups in total. The first-order valence-corrected chi connectivity index (χ1v) is 10.1. The van der Waals surface area contributed by atoms with Gasteiger partial charge in [-0.05, 0) is 55.4 Å². The van der Waals surface area contributed by atoms with E-state index in [1.807, 2.05) is 18.2 Å². The summed E-state index contributed by atoms with van der Waals surface area (Å²) in [5.41, 5.74) is 7.19. The van der Waals surface area contributed by atoms with Gasteiger partial charge in [0.1, 0.15) is 11.8 Å². The minimum atomic E-state index is 0.580. The summed E-state index contributed by atoms with van der Waals surface area (Å²) in [6, 6.07) is 5.87. The molecule has 28 heavy (non-hydrogen) atoms. The second kappa shape index (κ2) is 7.19. The second-order valence-electron chi connectivity index (χ2n) is 7.33. The highest BCUT2D eigenvalue weighted by Crippen LogP contribution is 2.37. The molecule has 1 aliphatic rings. The molecule has 0 saturated heterocycles. The summed E-state index contributed by atoms with van der Waals surface area (Å²) in [5, 5.41) is 4.43. The minimum absolute atomic E-state index is 0.580. The normalized spacial score (nSPS) is 13.8. The molecule has 0 unspecified atom stereocenters. The number of hydrogen-bond acceptors (Lipinski definition) is 6. The number of anilines is 1. The monoisotopic (exact) mass is 373 g/mol. The standard InChI is InChI=1S/C22H23N5O/c1-2-7-17-15-9-3-4-10-16(15)18-19-20(28-22(18)27-17)21(26-13-25-19)24-12-14-8-5-6-11-23-14/h5-6,8,11,13H,2-4,7,9-10,12H2,1H3,(H,24,25,26). The smallest absolute Gasteiger partial charge is 0.229 e. The first kappa shape index (κ1) is 17.1. The van der Waals surface area contributed by atoms with Gasteiger partial charge >= 0.3 is 0 Å². The molecule has 6 nitrogen and oxygen atoms in total. The number of nitrogens with one attached hydrogen (secondary N) is 1. The third kappa shape index (κ3) is 2.89. The number of aryl methyl sites for hydroxylation is 2. The van der Waals surface area contributed by atoms with E-state index in [1.54, 1.807) is 12.5 Å². The fraction of sp³-hybridized carbons (Fsp3) is 0.364. The molecule has 0 bridgehead atoms. The molecule has 5 rings (SSSR count). The Hall–Kier alpha value is -3.02. The van der Waals surface area contributed by atoms with Crippen LogP contribution in [0, 0.1) is 0 Å². The molecular formula is C22H23N5O. The summed E-state index contributed by atoms with van der Waals surface area (Å²) >= 11 is 0. The van der Waals surface area contributed by atoms with Crippen LogP contribution in [0.3, 0.4) is 0 Å². The van der Waals surface area contributed by atoms with Crippen LogP contribution in [0.5, 0.6) is 0 Å². The van der Waals surface area contributed by atoms with Crippen molar-refractivity contribution >= 4 is 28.0 Å². The summed E-state index contributed by atoms with van der Waals surface area (Å²) in [7, 11) is 0. The van der Waals surface area contributed by atoms with Gasteiger partial charge in [-0.2, -0.15) is 0 Å². The van der Waals surface area contributed by atoms with E-state index >= 15 is 0 Å². The molecule has 0 radical (unpaired) electrons. The van der Waals surface area contributed by atoms with Crippen molar-refractivity contribution in [3.63, 3.8) is 0 Å². The van der Waals surface area contributed by atoms with E-state index < -0.39 is 0 Å². The van der Waals surface area contributed by atoms with Crippen molar-refractivity contribution in [1.29, 1.82) is 0 Å². The summed E-state index contributed by atoms with van der Waals surface area (Å²) < 4.78 is 6.21. The van der Waals surface area contributed by atoms with E-state index in [9.17, 15) is 0 Å². The molecule has 0 aliphatic heterocycles. The van der Waals surface area contributed by atoms with Crippen molar-refractivity contribution in [2.75, 3.05) is 5.32 Å². The zero-order chi connectivity index (χ0) is 18.9. The molecule has 4 heterocycles. The van der Waals surface area contributed by atoms with E-state index in [-0.39, 0.29) is 0 Å². The van der Waals surface area contributed by atoms with E-state index in [0.29, 0.717) is 23.7 Å². The predicted octanol–water partition coefficient (Wildman–Crippen LogP) is 4.61. The zero-order valence-corrected chi connectivity index (χ0v) is 16.0. The van der Waals surface area contributed by atoms with Crippen LogP contribution in [0.2, 0.25) is 0 Å². The minimum Gasteiger partial charge on any atom is -0.432 e. The van der Waals surface area contributed by atoms with Crippen molar-refractivity contribution < 1.29 is 4.42 Å². The maximum atomic E-state index is 6.21. The van der Waals surface area contributed by atoms with Gasteiger partial charge in [0.15, 0.2) is 11.4 Å². The van der Waals surface area contributed by atoms with Crippen LogP contribution in [-0.4, -0.2) is 19.9 Å². The molecule has 0 saturated carbocycles. The topological polar surface area (TPSA) is 76.7 Å². The molecule has 0 fully saturated rings. The Morgan fingerprint density at radius 3 is 2.79 bits per heavy atom. The Labute approximate surface area is 163 Å². The molecule has 4 aromatic rings. The van der Waals surface area contributed by atoms with E-state index in [1.165, 1.54) is 29.7 Å². The van der Waals surface area contributed by atoms with Gasteiger partial charge in [-0.3, -0.25) is 4.98 Å². The number of rotatable bonds is 5. The van der Waals surface area contributed by atoms with Gasteiger partial charge in [0, 0.05) is 11.9 Å². The highest BCUT2D eigenvalue weighted by molar-refractivity contribution is 6.06. The Morgan fingerprint density at radius 2 is 1.96 bits per heavy atom. The molecule has 0 spiro atoms. The lowest BCUT2D eigenvalue weighted by Crippen LogP contribution is -2.09. The molecule has 0 amide bonds. The van der Waals surface area contributed by atoms with Crippen molar-refractivity contribution in [3.8, 4) is 0 Å². The van der Waals surface area contributed by atoms with Crippen LogP contribution >= 0.6 is 0 Å². The number of furan rings is 1. The SMILES string of the molecule is CCCc1nc2oc3c(NCc4ccccn4)ncnc3c2c2c1CCCC2. The molecule has 142 valence electrons. The van der Waals surface area contributed by atoms with Crippen LogP contribution in [0.15, 0.2) is 35.1 Å². The maximum Gasteiger partial charge on any atom is 0.229 e. The van der Waals surface area contributed by atoms with Crippen LogP contribution in [0.1, 0.15) is 48.7 Å². The second-order valence-corrected chi connectivity index (χ2v) is 7.33. The molecule has 1 aliphatic carbocycles. The maximum absolute atomic E-state index is 6.21. The van der Waals surface area contributed by atoms with E-state index in [0.717, 1.165) is 42.3 Å². The van der Waals surface area contributed by atoms with Crippen molar-refractivity contribution in [3.05, 3.63) is 53.2 Å². The molecule has 4 aromatic heterocycles. The van der Waals surface area contributed by atoms with Gasteiger partial charge < -0.3 is 9.73 Å². The third-order valence-corrected chi connectivity index (χ3v) is 5.46. The molecular weight excluding hydrogens is 350 g/mol. The molecule has 0 aromatic carbocycles. The summed E-state index contributed by atoms with van der Waals surface area (Å²) in [6.45, 7) is 2.78. The Morgan fingerprint density at radius 1 is 1.07 bits per heavy atom. The van der Waals surface area contributed by atoms with E-state index in [4.69, 9.17) is 9.40 Å². The van der Waals surface area contributed by atoms with Crippen molar-refractivity contribution in [2.24, 2.45) is 0 Å². The van der Waals surface area contributed by atoms with Gasteiger partial charge in [-0.15, -0.1) is 0 Å². The average molecular weight is 373 g/mol. The highest BCUT2D eigenvalue weighted by Gasteiger charge is 2.24. The average Bonchev–Trinajstić information content (AvgIpc) is 3.12. The number of pyridine rings is 2. The Balaban J connectivity index is 1.63. The van der Waals surface area contributed by atoms with Crippen LogP contribution in [-0.2, 0) is 25.8 Å². The number of fused-ring (bicyclic) bond motifs is 5. The summed E-state index contributed by atoms with van der Waals surface area (Å²) in [6.07, 6.45) is 10.1.